The van der Waals surface area contributed by atoms with Crippen LogP contribution in [-0.2, 0) is 0 Å². The third-order valence-corrected chi connectivity index (χ3v) is 3.16. The summed E-state index contributed by atoms with van der Waals surface area (Å²) in [6, 6.07) is 0. The molecule has 0 radical (unpaired) electrons. The molecule has 0 fully saturated rings. The van der Waals surface area contributed by atoms with E-state index in [1.54, 1.807) is 6.34 Å². The number of alkyl halides is 1. The normalized spacial score (nSPS) is 26.3. The van der Waals surface area contributed by atoms with Crippen molar-refractivity contribution in [1.82, 2.24) is 5.32 Å². The number of nitrogens with zero attached hydrogens (tertiary/aromatic N) is 1. The molecule has 1 rings (SSSR count). The summed E-state index contributed by atoms with van der Waals surface area (Å²) in [6.07, 6.45) is 1.62. The summed E-state index contributed by atoms with van der Waals surface area (Å²) >= 11 is 7.97. The highest BCUT2D eigenvalue weighted by atomic mass is 127. The number of hydrogen-bond donors (Lipinski definition) is 1. The van der Waals surface area contributed by atoms with Crippen LogP contribution in [0.2, 0.25) is 0 Å². The van der Waals surface area contributed by atoms with Crippen LogP contribution < -0.4 is 5.32 Å². The Morgan fingerprint density at radius 3 is 3.00 bits per heavy atom. The molecule has 0 saturated carbocycles. The van der Waals surface area contributed by atoms with E-state index in [4.69, 9.17) is 11.6 Å². The fraction of sp³-hybridized carbons (Fsp3) is 0.400. The Bertz CT molecular complexity index is 176. The quantitative estimate of drug-likeness (QED) is 0.399. The van der Waals surface area contributed by atoms with Crippen LogP contribution in [0.1, 0.15) is 6.92 Å². The predicted molar refractivity (Wildman–Crippen MR) is 48.0 cm³/mol. The predicted octanol–water partition coefficient (Wildman–Crippen LogP) is 1.85. The zero-order valence-electron chi connectivity index (χ0n) is 4.86. The van der Waals surface area contributed by atoms with Crippen LogP contribution in [0.5, 0.6) is 0 Å². The van der Waals surface area contributed by atoms with Crippen molar-refractivity contribution in [3.05, 3.63) is 9.28 Å². The van der Waals surface area contributed by atoms with Gasteiger partial charge in [-0.05, 0) is 29.5 Å². The fourth-order valence-corrected chi connectivity index (χ4v) is 1.05. The molecule has 1 aliphatic rings. The molecule has 4 heteroatoms. The molecule has 0 spiro atoms. The Morgan fingerprint density at radius 2 is 2.56 bits per heavy atom. The van der Waals surface area contributed by atoms with Gasteiger partial charge in [-0.2, -0.15) is 0 Å². The molecule has 0 amide bonds. The van der Waals surface area contributed by atoms with Gasteiger partial charge in [-0.1, -0.05) is 11.6 Å². The summed E-state index contributed by atoms with van der Waals surface area (Å²) in [4.78, 5) is 4.01. The summed E-state index contributed by atoms with van der Waals surface area (Å²) < 4.78 is 1.07. The van der Waals surface area contributed by atoms with E-state index in [2.05, 4.69) is 32.9 Å². The minimum absolute atomic E-state index is 0.0805. The molecule has 0 bridgehead atoms. The lowest BCUT2D eigenvalue weighted by molar-refractivity contribution is 0.933. The third kappa shape index (κ3) is 1.58. The van der Waals surface area contributed by atoms with E-state index in [0.717, 1.165) is 9.28 Å². The highest BCUT2D eigenvalue weighted by molar-refractivity contribution is 14.1. The van der Waals surface area contributed by atoms with Gasteiger partial charge in [0.15, 0.2) is 0 Å². The first kappa shape index (κ1) is 7.34. The molecule has 0 aromatic carbocycles. The van der Waals surface area contributed by atoms with Crippen molar-refractivity contribution in [3.63, 3.8) is 0 Å². The van der Waals surface area contributed by atoms with Crippen LogP contribution in [0.3, 0.4) is 0 Å². The van der Waals surface area contributed by atoms with E-state index in [0.29, 0.717) is 0 Å². The van der Waals surface area contributed by atoms with Gasteiger partial charge in [0.25, 0.3) is 0 Å². The second-order valence-corrected chi connectivity index (χ2v) is 3.32. The van der Waals surface area contributed by atoms with Crippen LogP contribution >= 0.6 is 34.2 Å². The standard InChI is InChI=1S/C5H6ClIN2/c1-3-4(7)5(6)9-2-8-3/h2,5H,1H3,(H,8,9). The van der Waals surface area contributed by atoms with Crippen LogP contribution in [0.15, 0.2) is 14.3 Å². The van der Waals surface area contributed by atoms with Crippen molar-refractivity contribution in [2.24, 2.45) is 4.99 Å². The van der Waals surface area contributed by atoms with Gasteiger partial charge in [0, 0.05) is 3.58 Å². The highest BCUT2D eigenvalue weighted by Gasteiger charge is 2.11. The molecule has 0 aromatic heterocycles. The minimum Gasteiger partial charge on any atom is -0.356 e. The van der Waals surface area contributed by atoms with Crippen LogP contribution in [0.25, 0.3) is 0 Å². The van der Waals surface area contributed by atoms with Crippen molar-refractivity contribution >= 4 is 40.5 Å². The molecule has 0 saturated heterocycles. The number of aliphatic imine (C=N–C) groups is 1. The molecular weight excluding hydrogens is 250 g/mol. The summed E-state index contributed by atoms with van der Waals surface area (Å²) in [5.41, 5.74) is 0.914. The monoisotopic (exact) mass is 256 g/mol. The topological polar surface area (TPSA) is 24.4 Å². The maximum atomic E-state index is 5.79. The van der Waals surface area contributed by atoms with Gasteiger partial charge in [-0.3, -0.25) is 0 Å². The summed E-state index contributed by atoms with van der Waals surface area (Å²) in [5.74, 6) is 0. The Balaban J connectivity index is 2.83. The number of halogens is 2. The Labute approximate surface area is 72.5 Å². The number of nitrogens with one attached hydrogen (secondary N) is 1. The van der Waals surface area contributed by atoms with Crippen molar-refractivity contribution in [2.45, 2.75) is 12.4 Å². The smallest absolute Gasteiger partial charge is 0.135 e. The molecule has 1 aliphatic heterocycles. The molecule has 1 atom stereocenters. The van der Waals surface area contributed by atoms with E-state index < -0.39 is 0 Å². The lowest BCUT2D eigenvalue weighted by Gasteiger charge is -2.13. The zero-order valence-corrected chi connectivity index (χ0v) is 7.77. The Hall–Kier alpha value is 0.230. The second-order valence-electron chi connectivity index (χ2n) is 1.72. The van der Waals surface area contributed by atoms with Gasteiger partial charge in [-0.25, -0.2) is 4.99 Å². The van der Waals surface area contributed by atoms with E-state index in [9.17, 15) is 0 Å². The summed E-state index contributed by atoms with van der Waals surface area (Å²) in [5, 5.41) is 2.87. The third-order valence-electron chi connectivity index (χ3n) is 1.05. The zero-order chi connectivity index (χ0) is 6.85. The summed E-state index contributed by atoms with van der Waals surface area (Å²) in [6.45, 7) is 1.94. The van der Waals surface area contributed by atoms with Crippen LogP contribution in [0, 0.1) is 0 Å². The Kier molecular flexibility index (Phi) is 2.35. The molecule has 2 nitrogen and oxygen atoms in total. The van der Waals surface area contributed by atoms with Crippen LogP contribution in [0.4, 0.5) is 0 Å². The van der Waals surface area contributed by atoms with E-state index in [1.807, 2.05) is 6.92 Å². The molecule has 1 N–H and O–H groups in total. The molecular formula is C5H6ClIN2. The van der Waals surface area contributed by atoms with Crippen molar-refractivity contribution in [3.8, 4) is 0 Å². The largest absolute Gasteiger partial charge is 0.356 e. The van der Waals surface area contributed by atoms with Crippen molar-refractivity contribution in [1.29, 1.82) is 0 Å². The molecule has 9 heavy (non-hydrogen) atoms. The molecule has 1 unspecified atom stereocenters. The molecule has 1 heterocycles. The average molecular weight is 256 g/mol. The second kappa shape index (κ2) is 2.88. The number of hydrogen-bond acceptors (Lipinski definition) is 2. The van der Waals surface area contributed by atoms with Gasteiger partial charge in [0.2, 0.25) is 0 Å². The van der Waals surface area contributed by atoms with E-state index >= 15 is 0 Å². The number of rotatable bonds is 0. The molecule has 50 valence electrons. The first-order valence-corrected chi connectivity index (χ1v) is 4.02. The van der Waals surface area contributed by atoms with Gasteiger partial charge in [0.05, 0.1) is 12.0 Å². The lowest BCUT2D eigenvalue weighted by atomic mass is 10.4. The fourth-order valence-electron chi connectivity index (χ4n) is 0.518. The molecule has 0 aromatic rings. The van der Waals surface area contributed by atoms with E-state index in [1.165, 1.54) is 0 Å². The highest BCUT2D eigenvalue weighted by Crippen LogP contribution is 2.22. The van der Waals surface area contributed by atoms with Gasteiger partial charge in [0.1, 0.15) is 5.50 Å². The van der Waals surface area contributed by atoms with E-state index in [-0.39, 0.29) is 5.50 Å². The minimum atomic E-state index is -0.0805. The van der Waals surface area contributed by atoms with Gasteiger partial charge < -0.3 is 5.32 Å². The number of allylic oxidation sites excluding steroid dienone is 1. The van der Waals surface area contributed by atoms with Gasteiger partial charge in [-0.15, -0.1) is 0 Å². The maximum Gasteiger partial charge on any atom is 0.135 e. The van der Waals surface area contributed by atoms with Crippen molar-refractivity contribution in [2.75, 3.05) is 0 Å². The maximum absolute atomic E-state index is 5.79. The van der Waals surface area contributed by atoms with Crippen LogP contribution in [-0.4, -0.2) is 11.8 Å². The Morgan fingerprint density at radius 1 is 1.89 bits per heavy atom. The average Bonchev–Trinajstić information content (AvgIpc) is 1.83. The first-order valence-electron chi connectivity index (χ1n) is 2.51. The lowest BCUT2D eigenvalue weighted by Crippen LogP contribution is -2.25. The van der Waals surface area contributed by atoms with Gasteiger partial charge >= 0.3 is 0 Å². The summed E-state index contributed by atoms with van der Waals surface area (Å²) in [7, 11) is 0. The first-order chi connectivity index (χ1) is 4.22. The van der Waals surface area contributed by atoms with Crippen molar-refractivity contribution < 1.29 is 0 Å². The SMILES string of the molecule is CC1=C(I)C(Cl)NC=N1. The molecule has 0 aliphatic carbocycles.